The second-order valence-corrected chi connectivity index (χ2v) is 7.10. The van der Waals surface area contributed by atoms with Crippen LogP contribution in [-0.2, 0) is 24.4 Å². The number of rotatable bonds is 6. The molecule has 0 saturated carbocycles. The SMILES string of the molecule is CN(Cc1ccc2nsnc2c1)C(=O)Cn1nnnc1CN1CCCC1. The molecule has 1 saturated heterocycles. The Morgan fingerprint density at radius 3 is 2.88 bits per heavy atom. The number of aromatic nitrogens is 6. The van der Waals surface area contributed by atoms with Gasteiger partial charge in [0.2, 0.25) is 5.91 Å². The first kappa shape index (κ1) is 17.0. The maximum atomic E-state index is 12.6. The molecule has 1 fully saturated rings. The number of nitrogens with zero attached hydrogens (tertiary/aromatic N) is 8. The summed E-state index contributed by atoms with van der Waals surface area (Å²) in [7, 11) is 1.79. The maximum absolute atomic E-state index is 12.6. The highest BCUT2D eigenvalue weighted by Gasteiger charge is 2.18. The summed E-state index contributed by atoms with van der Waals surface area (Å²) in [4.78, 5) is 16.6. The van der Waals surface area contributed by atoms with Crippen LogP contribution in [0, 0.1) is 0 Å². The smallest absolute Gasteiger partial charge is 0.244 e. The van der Waals surface area contributed by atoms with Crippen molar-refractivity contribution < 1.29 is 4.79 Å². The molecule has 0 spiro atoms. The van der Waals surface area contributed by atoms with Gasteiger partial charge in [-0.05, 0) is 54.1 Å². The molecule has 0 aliphatic carbocycles. The Morgan fingerprint density at radius 1 is 1.23 bits per heavy atom. The lowest BCUT2D eigenvalue weighted by Crippen LogP contribution is -2.31. The van der Waals surface area contributed by atoms with Crippen molar-refractivity contribution in [3.8, 4) is 0 Å². The van der Waals surface area contributed by atoms with Crippen LogP contribution < -0.4 is 0 Å². The number of hydrogen-bond donors (Lipinski definition) is 0. The van der Waals surface area contributed by atoms with Crippen LogP contribution in [0.2, 0.25) is 0 Å². The summed E-state index contributed by atoms with van der Waals surface area (Å²) in [5.41, 5.74) is 2.77. The van der Waals surface area contributed by atoms with Crippen LogP contribution in [0.25, 0.3) is 11.0 Å². The Kier molecular flexibility index (Phi) is 4.85. The largest absolute Gasteiger partial charge is 0.340 e. The van der Waals surface area contributed by atoms with Gasteiger partial charge in [-0.2, -0.15) is 8.75 Å². The van der Waals surface area contributed by atoms with Crippen molar-refractivity contribution in [2.75, 3.05) is 20.1 Å². The van der Waals surface area contributed by atoms with Gasteiger partial charge >= 0.3 is 0 Å². The quantitative estimate of drug-likeness (QED) is 0.635. The molecule has 0 N–H and O–H groups in total. The predicted octanol–water partition coefficient (Wildman–Crippen LogP) is 0.932. The average Bonchev–Trinajstić information content (AvgIpc) is 3.37. The van der Waals surface area contributed by atoms with E-state index in [0.29, 0.717) is 13.1 Å². The van der Waals surface area contributed by atoms with Crippen molar-refractivity contribution in [2.24, 2.45) is 0 Å². The molecule has 2 aromatic heterocycles. The average molecular weight is 372 g/mol. The third-order valence-electron chi connectivity index (χ3n) is 4.62. The third-order valence-corrected chi connectivity index (χ3v) is 5.18. The molecule has 136 valence electrons. The van der Waals surface area contributed by atoms with Crippen LogP contribution >= 0.6 is 11.7 Å². The number of hydrogen-bond acceptors (Lipinski definition) is 8. The van der Waals surface area contributed by atoms with Gasteiger partial charge in [0.25, 0.3) is 0 Å². The van der Waals surface area contributed by atoms with Gasteiger partial charge in [-0.1, -0.05) is 6.07 Å². The summed E-state index contributed by atoms with van der Waals surface area (Å²) in [5, 5.41) is 11.8. The van der Waals surface area contributed by atoms with E-state index in [4.69, 9.17) is 0 Å². The van der Waals surface area contributed by atoms with Crippen molar-refractivity contribution in [1.29, 1.82) is 0 Å². The number of carbonyl (C=O) groups excluding carboxylic acids is 1. The summed E-state index contributed by atoms with van der Waals surface area (Å²) in [6.07, 6.45) is 2.42. The maximum Gasteiger partial charge on any atom is 0.244 e. The van der Waals surface area contributed by atoms with E-state index >= 15 is 0 Å². The minimum atomic E-state index is -0.0310. The van der Waals surface area contributed by atoms with Crippen LogP contribution in [0.4, 0.5) is 0 Å². The zero-order valence-corrected chi connectivity index (χ0v) is 15.4. The van der Waals surface area contributed by atoms with Crippen LogP contribution in [-0.4, -0.2) is 64.8 Å². The first-order valence-electron chi connectivity index (χ1n) is 8.61. The molecule has 1 amide bonds. The van der Waals surface area contributed by atoms with Gasteiger partial charge < -0.3 is 4.90 Å². The minimum Gasteiger partial charge on any atom is -0.340 e. The van der Waals surface area contributed by atoms with Crippen LogP contribution in [0.5, 0.6) is 0 Å². The second-order valence-electron chi connectivity index (χ2n) is 6.57. The van der Waals surface area contributed by atoms with Crippen LogP contribution in [0.3, 0.4) is 0 Å². The van der Waals surface area contributed by atoms with E-state index < -0.39 is 0 Å². The van der Waals surface area contributed by atoms with E-state index in [1.165, 1.54) is 24.6 Å². The highest BCUT2D eigenvalue weighted by molar-refractivity contribution is 7.00. The molecule has 9 nitrogen and oxygen atoms in total. The first-order valence-corrected chi connectivity index (χ1v) is 9.34. The van der Waals surface area contributed by atoms with Crippen molar-refractivity contribution in [3.05, 3.63) is 29.6 Å². The van der Waals surface area contributed by atoms with Crippen LogP contribution in [0.15, 0.2) is 18.2 Å². The van der Waals surface area contributed by atoms with Crippen molar-refractivity contribution >= 4 is 28.7 Å². The molecule has 1 aliphatic rings. The number of amides is 1. The van der Waals surface area contributed by atoms with Gasteiger partial charge in [-0.3, -0.25) is 9.69 Å². The first-order chi connectivity index (χ1) is 12.7. The van der Waals surface area contributed by atoms with E-state index in [0.717, 1.165) is 35.5 Å². The van der Waals surface area contributed by atoms with Gasteiger partial charge in [0.1, 0.15) is 17.6 Å². The Bertz CT molecular complexity index is 900. The number of likely N-dealkylation sites (tertiary alicyclic amines) is 1. The van der Waals surface area contributed by atoms with Crippen LogP contribution in [0.1, 0.15) is 24.2 Å². The summed E-state index contributed by atoms with van der Waals surface area (Å²) < 4.78 is 10.0. The molecule has 0 bridgehead atoms. The molecule has 0 radical (unpaired) electrons. The molecule has 4 rings (SSSR count). The second kappa shape index (κ2) is 7.42. The standard InChI is InChI=1S/C16H20N8OS/c1-22(9-12-4-5-13-14(8-12)19-26-18-13)16(25)11-24-15(17-20-21-24)10-23-6-2-3-7-23/h4-5,8H,2-3,6-7,9-11H2,1H3. The molecule has 26 heavy (non-hydrogen) atoms. The van der Waals surface area contributed by atoms with Gasteiger partial charge in [0.05, 0.1) is 18.3 Å². The zero-order valence-electron chi connectivity index (χ0n) is 14.6. The van der Waals surface area contributed by atoms with E-state index in [-0.39, 0.29) is 12.5 Å². The summed E-state index contributed by atoms with van der Waals surface area (Å²) >= 11 is 1.19. The number of benzene rings is 1. The third kappa shape index (κ3) is 3.70. The molecule has 3 aromatic rings. The number of carbonyl (C=O) groups is 1. The normalized spacial score (nSPS) is 15.0. The molecule has 10 heteroatoms. The fourth-order valence-corrected chi connectivity index (χ4v) is 3.65. The molecular formula is C16H20N8OS. The topological polar surface area (TPSA) is 92.9 Å². The lowest BCUT2D eigenvalue weighted by atomic mass is 10.2. The van der Waals surface area contributed by atoms with Crippen molar-refractivity contribution in [1.82, 2.24) is 38.8 Å². The highest BCUT2D eigenvalue weighted by Crippen LogP contribution is 2.15. The van der Waals surface area contributed by atoms with Gasteiger partial charge in [-0.25, -0.2) is 4.68 Å². The van der Waals surface area contributed by atoms with E-state index in [1.807, 2.05) is 18.2 Å². The molecule has 1 aromatic carbocycles. The van der Waals surface area contributed by atoms with E-state index in [2.05, 4.69) is 29.2 Å². The monoisotopic (exact) mass is 372 g/mol. The fraction of sp³-hybridized carbons (Fsp3) is 0.500. The number of likely N-dealkylation sites (N-methyl/N-ethyl adjacent to an activating group) is 1. The highest BCUT2D eigenvalue weighted by atomic mass is 32.1. The summed E-state index contributed by atoms with van der Waals surface area (Å²) in [5.74, 6) is 0.708. The van der Waals surface area contributed by atoms with Gasteiger partial charge in [0, 0.05) is 13.6 Å². The zero-order chi connectivity index (χ0) is 17.9. The Hall–Kier alpha value is -2.46. The fourth-order valence-electron chi connectivity index (χ4n) is 3.14. The minimum absolute atomic E-state index is 0.0310. The van der Waals surface area contributed by atoms with Gasteiger partial charge in [-0.15, -0.1) is 5.10 Å². The van der Waals surface area contributed by atoms with Crippen molar-refractivity contribution in [3.63, 3.8) is 0 Å². The molecule has 0 unspecified atom stereocenters. The lowest BCUT2D eigenvalue weighted by molar-refractivity contribution is -0.131. The molecule has 0 atom stereocenters. The Balaban J connectivity index is 1.38. The number of tetrazole rings is 1. The predicted molar refractivity (Wildman–Crippen MR) is 96.2 cm³/mol. The van der Waals surface area contributed by atoms with E-state index in [9.17, 15) is 4.79 Å². The molecule has 1 aliphatic heterocycles. The van der Waals surface area contributed by atoms with Gasteiger partial charge in [0.15, 0.2) is 5.82 Å². The lowest BCUT2D eigenvalue weighted by Gasteiger charge is -2.18. The summed E-state index contributed by atoms with van der Waals surface area (Å²) in [6, 6.07) is 5.88. The summed E-state index contributed by atoms with van der Waals surface area (Å²) in [6.45, 7) is 3.48. The molecular weight excluding hydrogens is 352 g/mol. The van der Waals surface area contributed by atoms with E-state index in [1.54, 1.807) is 16.6 Å². The Labute approximate surface area is 154 Å². The van der Waals surface area contributed by atoms with Crippen molar-refractivity contribution in [2.45, 2.75) is 32.5 Å². The Morgan fingerprint density at radius 2 is 2.04 bits per heavy atom. The molecule has 3 heterocycles. The number of fused-ring (bicyclic) bond motifs is 1.